The molecule has 2 aromatic heterocycles. The Bertz CT molecular complexity index is 545. The van der Waals surface area contributed by atoms with Gasteiger partial charge in [0, 0.05) is 0 Å². The van der Waals surface area contributed by atoms with Gasteiger partial charge in [-0.3, -0.25) is 4.79 Å². The third-order valence-corrected chi connectivity index (χ3v) is 2.23. The minimum atomic E-state index is -4.93. The quantitative estimate of drug-likeness (QED) is 0.848. The number of furan rings is 1. The lowest BCUT2D eigenvalue weighted by atomic mass is 10.1. The molecule has 0 aliphatic heterocycles. The highest BCUT2D eigenvalue weighted by Gasteiger charge is 2.44. The number of rotatable bonds is 3. The molecule has 0 saturated heterocycles. The van der Waals surface area contributed by atoms with Crippen LogP contribution in [0.2, 0.25) is 0 Å². The van der Waals surface area contributed by atoms with Crippen molar-refractivity contribution in [3.05, 3.63) is 24.3 Å². The molecular formula is C10H7F3N2O3. The van der Waals surface area contributed by atoms with E-state index in [1.165, 1.54) is 12.3 Å². The fourth-order valence-corrected chi connectivity index (χ4v) is 1.27. The zero-order valence-corrected chi connectivity index (χ0v) is 9.06. The van der Waals surface area contributed by atoms with E-state index < -0.39 is 23.8 Å². The van der Waals surface area contributed by atoms with E-state index in [9.17, 15) is 18.0 Å². The topological polar surface area (TPSA) is 69.1 Å². The second-order valence-corrected chi connectivity index (χ2v) is 3.52. The molecule has 8 heteroatoms. The van der Waals surface area contributed by atoms with Crippen molar-refractivity contribution in [1.29, 1.82) is 0 Å². The molecule has 1 atom stereocenters. The first-order chi connectivity index (χ1) is 8.39. The van der Waals surface area contributed by atoms with Gasteiger partial charge < -0.3 is 8.94 Å². The number of hydrogen-bond donors (Lipinski definition) is 0. The Hall–Kier alpha value is -2.12. The molecule has 0 aromatic carbocycles. The van der Waals surface area contributed by atoms with Crippen LogP contribution >= 0.6 is 0 Å². The molecular weight excluding hydrogens is 253 g/mol. The van der Waals surface area contributed by atoms with Crippen LogP contribution in [0.4, 0.5) is 13.2 Å². The van der Waals surface area contributed by atoms with Crippen LogP contribution in [0.15, 0.2) is 27.3 Å². The summed E-state index contributed by atoms with van der Waals surface area (Å²) >= 11 is 0. The maximum Gasteiger partial charge on any atom is 0.450 e. The van der Waals surface area contributed by atoms with Crippen molar-refractivity contribution in [3.8, 4) is 11.6 Å². The van der Waals surface area contributed by atoms with Crippen molar-refractivity contribution in [2.24, 2.45) is 0 Å². The molecule has 2 heterocycles. The van der Waals surface area contributed by atoms with E-state index >= 15 is 0 Å². The van der Waals surface area contributed by atoms with Crippen LogP contribution in [-0.2, 0) is 4.79 Å². The summed E-state index contributed by atoms with van der Waals surface area (Å²) < 4.78 is 46.2. The second-order valence-electron chi connectivity index (χ2n) is 3.52. The van der Waals surface area contributed by atoms with Crippen LogP contribution in [-0.4, -0.2) is 22.1 Å². The van der Waals surface area contributed by atoms with Crippen molar-refractivity contribution < 1.29 is 26.9 Å². The Labute approximate surface area is 98.6 Å². The normalized spacial score (nSPS) is 13.6. The lowest BCUT2D eigenvalue weighted by Gasteiger charge is -2.07. The molecule has 2 aromatic rings. The molecule has 2 rings (SSSR count). The third kappa shape index (κ3) is 2.27. The van der Waals surface area contributed by atoms with Crippen LogP contribution < -0.4 is 0 Å². The minimum absolute atomic E-state index is 0.00294. The zero-order chi connectivity index (χ0) is 13.3. The number of hydrogen-bond acceptors (Lipinski definition) is 5. The molecule has 0 aliphatic rings. The van der Waals surface area contributed by atoms with Crippen LogP contribution in [0.5, 0.6) is 0 Å². The standard InChI is InChI=1S/C10H7F3N2O3/c1-5(7(16)10(11,12)13)9-14-8(15-18-9)6-3-2-4-17-6/h2-5H,1H3. The van der Waals surface area contributed by atoms with Crippen molar-refractivity contribution in [3.63, 3.8) is 0 Å². The number of ketones is 1. The average Bonchev–Trinajstić information content (AvgIpc) is 2.95. The van der Waals surface area contributed by atoms with Gasteiger partial charge in [-0.25, -0.2) is 0 Å². The van der Waals surface area contributed by atoms with Crippen molar-refractivity contribution in [2.45, 2.75) is 19.0 Å². The van der Waals surface area contributed by atoms with Gasteiger partial charge in [-0.05, 0) is 19.1 Å². The summed E-state index contributed by atoms with van der Waals surface area (Å²) in [5.74, 6) is -3.63. The minimum Gasteiger partial charge on any atom is -0.461 e. The SMILES string of the molecule is CC(C(=O)C(F)(F)F)c1nc(-c2ccco2)no1. The van der Waals surface area contributed by atoms with E-state index in [1.54, 1.807) is 6.07 Å². The Balaban J connectivity index is 2.23. The lowest BCUT2D eigenvalue weighted by molar-refractivity contribution is -0.172. The number of carbonyl (C=O) groups is 1. The van der Waals surface area contributed by atoms with Gasteiger partial charge in [0.25, 0.3) is 0 Å². The number of Topliss-reactive ketones (excluding diaryl/α,β-unsaturated/α-hetero) is 1. The largest absolute Gasteiger partial charge is 0.461 e. The van der Waals surface area contributed by atoms with Crippen molar-refractivity contribution in [1.82, 2.24) is 10.1 Å². The van der Waals surface area contributed by atoms with Gasteiger partial charge in [0.05, 0.1) is 6.26 Å². The van der Waals surface area contributed by atoms with Crippen LogP contribution in [0.25, 0.3) is 11.6 Å². The van der Waals surface area contributed by atoms with Crippen LogP contribution in [0.3, 0.4) is 0 Å². The number of aromatic nitrogens is 2. The van der Waals surface area contributed by atoms with Gasteiger partial charge in [0.2, 0.25) is 17.5 Å². The number of carbonyl (C=O) groups excluding carboxylic acids is 1. The Morgan fingerprint density at radius 2 is 2.17 bits per heavy atom. The Morgan fingerprint density at radius 1 is 1.44 bits per heavy atom. The first-order valence-corrected chi connectivity index (χ1v) is 4.88. The Morgan fingerprint density at radius 3 is 2.72 bits per heavy atom. The van der Waals surface area contributed by atoms with Gasteiger partial charge in [-0.2, -0.15) is 18.2 Å². The first-order valence-electron chi connectivity index (χ1n) is 4.88. The van der Waals surface area contributed by atoms with Gasteiger partial charge in [-0.1, -0.05) is 5.16 Å². The van der Waals surface area contributed by atoms with E-state index in [2.05, 4.69) is 14.7 Å². The Kier molecular flexibility index (Phi) is 2.93. The van der Waals surface area contributed by atoms with Gasteiger partial charge >= 0.3 is 6.18 Å². The van der Waals surface area contributed by atoms with Crippen LogP contribution in [0, 0.1) is 0 Å². The summed E-state index contributed by atoms with van der Waals surface area (Å²) in [5.41, 5.74) is 0. The second kappa shape index (κ2) is 4.28. The summed E-state index contributed by atoms with van der Waals surface area (Å²) in [6.07, 6.45) is -3.58. The van der Waals surface area contributed by atoms with E-state index in [-0.39, 0.29) is 11.6 Å². The predicted octanol–water partition coefficient (Wildman–Crippen LogP) is 2.56. The maximum atomic E-state index is 12.2. The summed E-state index contributed by atoms with van der Waals surface area (Å²) in [6.45, 7) is 1.05. The third-order valence-electron chi connectivity index (χ3n) is 2.23. The highest BCUT2D eigenvalue weighted by atomic mass is 19.4. The van der Waals surface area contributed by atoms with Crippen molar-refractivity contribution in [2.75, 3.05) is 0 Å². The molecule has 96 valence electrons. The first kappa shape index (κ1) is 12.3. The van der Waals surface area contributed by atoms with Crippen molar-refractivity contribution >= 4 is 5.78 Å². The van der Waals surface area contributed by atoms with Gasteiger partial charge in [0.15, 0.2) is 5.76 Å². The lowest BCUT2D eigenvalue weighted by Crippen LogP contribution is -2.27. The molecule has 0 aliphatic carbocycles. The predicted molar refractivity (Wildman–Crippen MR) is 51.5 cm³/mol. The van der Waals surface area contributed by atoms with Crippen LogP contribution in [0.1, 0.15) is 18.7 Å². The molecule has 0 amide bonds. The molecule has 0 fully saturated rings. The average molecular weight is 260 g/mol. The molecule has 5 nitrogen and oxygen atoms in total. The number of nitrogens with zero attached hydrogens (tertiary/aromatic N) is 2. The highest BCUT2D eigenvalue weighted by molar-refractivity contribution is 5.89. The van der Waals surface area contributed by atoms with E-state index in [0.29, 0.717) is 0 Å². The number of halogens is 3. The molecule has 0 bridgehead atoms. The molecule has 0 radical (unpaired) electrons. The highest BCUT2D eigenvalue weighted by Crippen LogP contribution is 2.27. The summed E-state index contributed by atoms with van der Waals surface area (Å²) in [7, 11) is 0. The van der Waals surface area contributed by atoms with E-state index in [4.69, 9.17) is 4.42 Å². The maximum absolute atomic E-state index is 12.2. The summed E-state index contributed by atoms with van der Waals surface area (Å²) in [6, 6.07) is 3.08. The van der Waals surface area contributed by atoms with Gasteiger partial charge in [0.1, 0.15) is 5.92 Å². The summed E-state index contributed by atoms with van der Waals surface area (Å²) in [4.78, 5) is 14.7. The zero-order valence-electron chi connectivity index (χ0n) is 9.06. The van der Waals surface area contributed by atoms with E-state index in [0.717, 1.165) is 6.92 Å². The van der Waals surface area contributed by atoms with Gasteiger partial charge in [-0.15, -0.1) is 0 Å². The molecule has 0 spiro atoms. The smallest absolute Gasteiger partial charge is 0.450 e. The fourth-order valence-electron chi connectivity index (χ4n) is 1.27. The fraction of sp³-hybridized carbons (Fsp3) is 0.300. The monoisotopic (exact) mass is 260 g/mol. The molecule has 0 N–H and O–H groups in total. The summed E-state index contributed by atoms with van der Waals surface area (Å²) in [5, 5.41) is 3.44. The molecule has 0 saturated carbocycles. The van der Waals surface area contributed by atoms with E-state index in [1.807, 2.05) is 0 Å². The molecule has 1 unspecified atom stereocenters. The number of alkyl halides is 3. The molecule has 18 heavy (non-hydrogen) atoms.